The predicted octanol–water partition coefficient (Wildman–Crippen LogP) is 6.69. The highest BCUT2D eigenvalue weighted by Gasteiger charge is 2.11. The average molecular weight is 424 g/mol. The molecule has 0 aliphatic rings. The first-order valence-electron chi connectivity index (χ1n) is 5.64. The number of hydrogen-bond donors (Lipinski definition) is 1. The van der Waals surface area contributed by atoms with Crippen LogP contribution < -0.4 is 5.32 Å². The van der Waals surface area contributed by atoms with E-state index in [-0.39, 0.29) is 6.04 Å². The molecule has 2 rings (SSSR count). The largest absolute Gasteiger partial charge is 0.378 e. The Bertz CT molecular complexity index is 602. The van der Waals surface area contributed by atoms with E-state index >= 15 is 0 Å². The monoisotopic (exact) mass is 421 g/mol. The molecule has 0 fully saturated rings. The van der Waals surface area contributed by atoms with Crippen molar-refractivity contribution in [1.82, 2.24) is 0 Å². The van der Waals surface area contributed by atoms with Crippen LogP contribution in [0.3, 0.4) is 0 Å². The van der Waals surface area contributed by atoms with Crippen LogP contribution in [0.4, 0.5) is 5.69 Å². The van der Waals surface area contributed by atoms with Gasteiger partial charge in [-0.05, 0) is 58.7 Å². The van der Waals surface area contributed by atoms with Crippen LogP contribution in [-0.2, 0) is 0 Å². The molecule has 0 aromatic heterocycles. The van der Waals surface area contributed by atoms with Gasteiger partial charge < -0.3 is 5.32 Å². The summed E-state index contributed by atoms with van der Waals surface area (Å²) >= 11 is 19.1. The lowest BCUT2D eigenvalue weighted by Crippen LogP contribution is -2.07. The van der Waals surface area contributed by atoms with E-state index in [1.807, 2.05) is 36.4 Å². The molecule has 5 heteroatoms. The summed E-state index contributed by atoms with van der Waals surface area (Å²) in [5, 5.41) is 4.84. The van der Waals surface area contributed by atoms with Crippen molar-refractivity contribution in [1.29, 1.82) is 0 Å². The van der Waals surface area contributed by atoms with Crippen molar-refractivity contribution < 1.29 is 0 Å². The molecule has 2 aromatic carbocycles. The molecular formula is C14H11Br2Cl2N. The van der Waals surface area contributed by atoms with Gasteiger partial charge in [0.1, 0.15) is 0 Å². The van der Waals surface area contributed by atoms with Crippen molar-refractivity contribution >= 4 is 60.7 Å². The zero-order chi connectivity index (χ0) is 14.0. The molecule has 0 saturated heterocycles. The molecule has 0 aliphatic heterocycles. The summed E-state index contributed by atoms with van der Waals surface area (Å²) in [6, 6.07) is 11.6. The van der Waals surface area contributed by atoms with Gasteiger partial charge in [-0.3, -0.25) is 0 Å². The first kappa shape index (κ1) is 15.2. The highest BCUT2D eigenvalue weighted by atomic mass is 79.9. The number of rotatable bonds is 3. The zero-order valence-electron chi connectivity index (χ0n) is 10.1. The zero-order valence-corrected chi connectivity index (χ0v) is 14.7. The summed E-state index contributed by atoms with van der Waals surface area (Å²) in [6.45, 7) is 2.07. The van der Waals surface area contributed by atoms with Crippen LogP contribution >= 0.6 is 55.1 Å². The van der Waals surface area contributed by atoms with Crippen LogP contribution in [0.1, 0.15) is 18.5 Å². The molecule has 0 aliphatic carbocycles. The molecule has 0 heterocycles. The van der Waals surface area contributed by atoms with Gasteiger partial charge in [0, 0.05) is 24.7 Å². The maximum Gasteiger partial charge on any atom is 0.0500 e. The van der Waals surface area contributed by atoms with E-state index in [4.69, 9.17) is 23.2 Å². The molecule has 0 radical (unpaired) electrons. The fourth-order valence-electron chi connectivity index (χ4n) is 1.77. The number of benzene rings is 2. The number of nitrogens with one attached hydrogen (secondary N) is 1. The van der Waals surface area contributed by atoms with E-state index < -0.39 is 0 Å². The lowest BCUT2D eigenvalue weighted by Gasteiger charge is -2.18. The summed E-state index contributed by atoms with van der Waals surface area (Å²) < 4.78 is 1.90. The summed E-state index contributed by atoms with van der Waals surface area (Å²) in [7, 11) is 0. The van der Waals surface area contributed by atoms with Crippen LogP contribution in [-0.4, -0.2) is 0 Å². The molecule has 1 nitrogen and oxygen atoms in total. The van der Waals surface area contributed by atoms with E-state index in [9.17, 15) is 0 Å². The lowest BCUT2D eigenvalue weighted by molar-refractivity contribution is 0.883. The van der Waals surface area contributed by atoms with Gasteiger partial charge in [0.05, 0.1) is 6.04 Å². The van der Waals surface area contributed by atoms with Crippen molar-refractivity contribution in [2.24, 2.45) is 0 Å². The Kier molecular flexibility index (Phi) is 5.18. The molecule has 2 aromatic rings. The minimum absolute atomic E-state index is 0.0954. The third-order valence-corrected chi connectivity index (χ3v) is 4.44. The third kappa shape index (κ3) is 3.88. The molecule has 1 atom stereocenters. The fourth-order valence-corrected chi connectivity index (χ4v) is 3.40. The molecule has 0 bridgehead atoms. The maximum atomic E-state index is 6.25. The Labute approximate surface area is 139 Å². The van der Waals surface area contributed by atoms with Gasteiger partial charge in [0.15, 0.2) is 0 Å². The normalized spacial score (nSPS) is 12.3. The molecule has 1 N–H and O–H groups in total. The number of anilines is 1. The molecule has 0 saturated carbocycles. The third-order valence-electron chi connectivity index (χ3n) is 2.73. The van der Waals surface area contributed by atoms with Gasteiger partial charge in [-0.25, -0.2) is 0 Å². The standard InChI is InChI=1S/C14H11Br2Cl2N/c1-8(11-4-2-9(15)6-13(11)18)19-14-5-3-10(17)7-12(14)16/h2-8,19H,1H3. The van der Waals surface area contributed by atoms with Gasteiger partial charge >= 0.3 is 0 Å². The minimum atomic E-state index is 0.0954. The predicted molar refractivity (Wildman–Crippen MR) is 90.3 cm³/mol. The molecular weight excluding hydrogens is 413 g/mol. The van der Waals surface area contributed by atoms with Crippen LogP contribution in [0, 0.1) is 0 Å². The summed E-state index contributed by atoms with van der Waals surface area (Å²) in [6.07, 6.45) is 0. The van der Waals surface area contributed by atoms with Gasteiger partial charge in [-0.15, -0.1) is 0 Å². The topological polar surface area (TPSA) is 12.0 Å². The quantitative estimate of drug-likeness (QED) is 0.579. The molecule has 0 amide bonds. The van der Waals surface area contributed by atoms with Crippen molar-refractivity contribution in [3.05, 3.63) is 61.0 Å². The van der Waals surface area contributed by atoms with Crippen LogP contribution in [0.25, 0.3) is 0 Å². The van der Waals surface area contributed by atoms with Gasteiger partial charge in [-0.1, -0.05) is 45.2 Å². The molecule has 100 valence electrons. The minimum Gasteiger partial charge on any atom is -0.378 e. The van der Waals surface area contributed by atoms with Crippen molar-refractivity contribution in [3.63, 3.8) is 0 Å². The van der Waals surface area contributed by atoms with Crippen molar-refractivity contribution in [3.8, 4) is 0 Å². The number of hydrogen-bond acceptors (Lipinski definition) is 1. The second kappa shape index (κ2) is 6.49. The van der Waals surface area contributed by atoms with Crippen molar-refractivity contribution in [2.75, 3.05) is 5.32 Å². The van der Waals surface area contributed by atoms with Gasteiger partial charge in [-0.2, -0.15) is 0 Å². The summed E-state index contributed by atoms with van der Waals surface area (Å²) in [5.74, 6) is 0. The first-order chi connectivity index (χ1) is 8.97. The Hall–Kier alpha value is -0.220. The second-order valence-corrected chi connectivity index (χ2v) is 6.77. The first-order valence-corrected chi connectivity index (χ1v) is 7.98. The Balaban J connectivity index is 2.23. The average Bonchev–Trinajstić information content (AvgIpc) is 2.32. The van der Waals surface area contributed by atoms with E-state index in [1.165, 1.54) is 0 Å². The van der Waals surface area contributed by atoms with E-state index in [1.54, 1.807) is 0 Å². The SMILES string of the molecule is CC(Nc1ccc(Cl)cc1Br)c1ccc(Br)cc1Cl. The van der Waals surface area contributed by atoms with Gasteiger partial charge in [0.25, 0.3) is 0 Å². The van der Waals surface area contributed by atoms with Crippen LogP contribution in [0.2, 0.25) is 10.0 Å². The van der Waals surface area contributed by atoms with Crippen molar-refractivity contribution in [2.45, 2.75) is 13.0 Å². The fraction of sp³-hybridized carbons (Fsp3) is 0.143. The Morgan fingerprint density at radius 1 is 1.05 bits per heavy atom. The second-order valence-electron chi connectivity index (χ2n) is 4.16. The maximum absolute atomic E-state index is 6.25. The van der Waals surface area contributed by atoms with Crippen LogP contribution in [0.15, 0.2) is 45.3 Å². The molecule has 19 heavy (non-hydrogen) atoms. The van der Waals surface area contributed by atoms with E-state index in [0.717, 1.165) is 25.2 Å². The highest BCUT2D eigenvalue weighted by Crippen LogP contribution is 2.32. The number of halogens is 4. The molecule has 0 spiro atoms. The summed E-state index contributed by atoms with van der Waals surface area (Å²) in [4.78, 5) is 0. The van der Waals surface area contributed by atoms with Gasteiger partial charge in [0.2, 0.25) is 0 Å². The van der Waals surface area contributed by atoms with E-state index in [2.05, 4.69) is 44.1 Å². The lowest BCUT2D eigenvalue weighted by atomic mass is 10.1. The molecule has 1 unspecified atom stereocenters. The Morgan fingerprint density at radius 3 is 2.42 bits per heavy atom. The van der Waals surface area contributed by atoms with Crippen LogP contribution in [0.5, 0.6) is 0 Å². The summed E-state index contributed by atoms with van der Waals surface area (Å²) in [5.41, 5.74) is 2.03. The highest BCUT2D eigenvalue weighted by molar-refractivity contribution is 9.10. The smallest absolute Gasteiger partial charge is 0.0500 e. The Morgan fingerprint density at radius 2 is 1.79 bits per heavy atom. The van der Waals surface area contributed by atoms with E-state index in [0.29, 0.717) is 5.02 Å².